The van der Waals surface area contributed by atoms with Crippen molar-refractivity contribution in [1.82, 2.24) is 9.97 Å². The molecule has 1 heterocycles. The van der Waals surface area contributed by atoms with E-state index < -0.39 is 0 Å². The second-order valence-electron chi connectivity index (χ2n) is 2.34. The van der Waals surface area contributed by atoms with E-state index >= 15 is 0 Å². The fourth-order valence-corrected chi connectivity index (χ4v) is 0.901. The molecule has 0 spiro atoms. The molecular formula is C9H10N2S. The zero-order chi connectivity index (χ0) is 8.97. The Morgan fingerprint density at radius 3 is 3.00 bits per heavy atom. The van der Waals surface area contributed by atoms with Crippen molar-refractivity contribution in [1.29, 1.82) is 0 Å². The van der Waals surface area contributed by atoms with Crippen LogP contribution in [-0.2, 0) is 0 Å². The van der Waals surface area contributed by atoms with E-state index in [1.54, 1.807) is 12.3 Å². The van der Waals surface area contributed by atoms with Crippen LogP contribution in [0.2, 0.25) is 0 Å². The lowest BCUT2D eigenvalue weighted by molar-refractivity contribution is 1.09. The monoisotopic (exact) mass is 178 g/mol. The van der Waals surface area contributed by atoms with Crippen LogP contribution in [0.4, 0.5) is 0 Å². The maximum absolute atomic E-state index is 4.18. The minimum absolute atomic E-state index is 0.813. The maximum atomic E-state index is 4.18. The SMILES string of the molecule is C=C/C(S)=C\c1cncnc1C. The van der Waals surface area contributed by atoms with Crippen molar-refractivity contribution >= 4 is 18.7 Å². The van der Waals surface area contributed by atoms with Crippen molar-refractivity contribution < 1.29 is 0 Å². The molecule has 0 saturated carbocycles. The summed E-state index contributed by atoms with van der Waals surface area (Å²) >= 11 is 4.18. The number of rotatable bonds is 2. The van der Waals surface area contributed by atoms with Gasteiger partial charge in [-0.25, -0.2) is 9.97 Å². The first-order chi connectivity index (χ1) is 5.74. The van der Waals surface area contributed by atoms with Gasteiger partial charge in [0, 0.05) is 22.4 Å². The summed E-state index contributed by atoms with van der Waals surface area (Å²) in [6.45, 7) is 5.53. The van der Waals surface area contributed by atoms with Crippen LogP contribution in [0.5, 0.6) is 0 Å². The van der Waals surface area contributed by atoms with Gasteiger partial charge in [0.15, 0.2) is 0 Å². The summed E-state index contributed by atoms with van der Waals surface area (Å²) in [5.74, 6) is 0. The van der Waals surface area contributed by atoms with Gasteiger partial charge in [-0.15, -0.1) is 12.6 Å². The standard InChI is InChI=1S/C9H10N2S/c1-3-9(12)4-8-5-10-6-11-7(8)2/h3-6,12H,1H2,2H3/b9-4+. The molecule has 0 unspecified atom stereocenters. The van der Waals surface area contributed by atoms with Crippen molar-refractivity contribution in [2.24, 2.45) is 0 Å². The highest BCUT2D eigenvalue weighted by Gasteiger charge is 1.94. The van der Waals surface area contributed by atoms with E-state index in [0.717, 1.165) is 16.2 Å². The average molecular weight is 178 g/mol. The molecule has 0 bridgehead atoms. The molecule has 2 nitrogen and oxygen atoms in total. The number of nitrogens with zero attached hydrogens (tertiary/aromatic N) is 2. The smallest absolute Gasteiger partial charge is 0.115 e. The van der Waals surface area contributed by atoms with Gasteiger partial charge in [-0.2, -0.15) is 0 Å². The molecule has 0 amide bonds. The van der Waals surface area contributed by atoms with Crippen molar-refractivity contribution in [2.75, 3.05) is 0 Å². The molecule has 0 aliphatic rings. The molecule has 0 aromatic carbocycles. The van der Waals surface area contributed by atoms with Gasteiger partial charge in [0.1, 0.15) is 6.33 Å². The first-order valence-corrected chi connectivity index (χ1v) is 3.98. The fourth-order valence-electron chi connectivity index (χ4n) is 0.761. The highest BCUT2D eigenvalue weighted by atomic mass is 32.1. The summed E-state index contributed by atoms with van der Waals surface area (Å²) in [5.41, 5.74) is 1.92. The molecule has 1 rings (SSSR count). The summed E-state index contributed by atoms with van der Waals surface area (Å²) < 4.78 is 0. The van der Waals surface area contributed by atoms with Crippen LogP contribution in [0.3, 0.4) is 0 Å². The van der Waals surface area contributed by atoms with Gasteiger partial charge in [0.2, 0.25) is 0 Å². The maximum Gasteiger partial charge on any atom is 0.115 e. The Bertz CT molecular complexity index is 318. The van der Waals surface area contributed by atoms with E-state index in [1.165, 1.54) is 6.33 Å². The highest BCUT2D eigenvalue weighted by molar-refractivity contribution is 7.84. The fraction of sp³-hybridized carbons (Fsp3) is 0.111. The van der Waals surface area contributed by atoms with Crippen LogP contribution < -0.4 is 0 Å². The highest BCUT2D eigenvalue weighted by Crippen LogP contribution is 2.11. The third kappa shape index (κ3) is 2.20. The molecule has 0 aliphatic carbocycles. The first kappa shape index (κ1) is 9.00. The van der Waals surface area contributed by atoms with Crippen LogP contribution in [0, 0.1) is 6.92 Å². The number of aromatic nitrogens is 2. The number of thiol groups is 1. The zero-order valence-electron chi connectivity index (χ0n) is 6.86. The molecule has 12 heavy (non-hydrogen) atoms. The van der Waals surface area contributed by atoms with Gasteiger partial charge in [0.25, 0.3) is 0 Å². The van der Waals surface area contributed by atoms with Gasteiger partial charge in [-0.1, -0.05) is 12.7 Å². The van der Waals surface area contributed by atoms with E-state index in [-0.39, 0.29) is 0 Å². The predicted molar refractivity (Wildman–Crippen MR) is 53.9 cm³/mol. The van der Waals surface area contributed by atoms with Crippen LogP contribution in [0.25, 0.3) is 6.08 Å². The largest absolute Gasteiger partial charge is 0.244 e. The molecular weight excluding hydrogens is 168 g/mol. The molecule has 3 heteroatoms. The lowest BCUT2D eigenvalue weighted by Crippen LogP contribution is -1.87. The van der Waals surface area contributed by atoms with Crippen molar-refractivity contribution in [3.63, 3.8) is 0 Å². The van der Waals surface area contributed by atoms with E-state index in [2.05, 4.69) is 29.2 Å². The Balaban J connectivity index is 3.04. The Kier molecular flexibility index (Phi) is 3.05. The number of allylic oxidation sites excluding steroid dienone is 1. The van der Waals surface area contributed by atoms with Crippen LogP contribution in [-0.4, -0.2) is 9.97 Å². The first-order valence-electron chi connectivity index (χ1n) is 3.53. The lowest BCUT2D eigenvalue weighted by atomic mass is 10.2. The number of aryl methyl sites for hydroxylation is 1. The predicted octanol–water partition coefficient (Wildman–Crippen LogP) is 2.24. The summed E-state index contributed by atoms with van der Waals surface area (Å²) in [6.07, 6.45) is 6.84. The van der Waals surface area contributed by atoms with Crippen LogP contribution in [0.1, 0.15) is 11.3 Å². The van der Waals surface area contributed by atoms with Gasteiger partial charge in [0.05, 0.1) is 0 Å². The van der Waals surface area contributed by atoms with Crippen molar-refractivity contribution in [3.05, 3.63) is 41.3 Å². The van der Waals surface area contributed by atoms with Gasteiger partial charge in [-0.3, -0.25) is 0 Å². The molecule has 0 fully saturated rings. The summed E-state index contributed by atoms with van der Waals surface area (Å²) in [4.78, 5) is 8.76. The molecule has 0 saturated heterocycles. The Morgan fingerprint density at radius 1 is 1.67 bits per heavy atom. The minimum Gasteiger partial charge on any atom is -0.244 e. The third-order valence-electron chi connectivity index (χ3n) is 1.46. The van der Waals surface area contributed by atoms with Gasteiger partial charge >= 0.3 is 0 Å². The van der Waals surface area contributed by atoms with Crippen molar-refractivity contribution in [3.8, 4) is 0 Å². The summed E-state index contributed by atoms with van der Waals surface area (Å²) in [5, 5.41) is 0. The normalized spacial score (nSPS) is 11.3. The molecule has 62 valence electrons. The number of hydrogen-bond donors (Lipinski definition) is 1. The third-order valence-corrected chi connectivity index (χ3v) is 1.77. The quantitative estimate of drug-likeness (QED) is 0.555. The molecule has 1 aromatic rings. The van der Waals surface area contributed by atoms with Crippen LogP contribution in [0.15, 0.2) is 30.1 Å². The molecule has 0 aliphatic heterocycles. The van der Waals surface area contributed by atoms with E-state index in [0.29, 0.717) is 0 Å². The Morgan fingerprint density at radius 2 is 2.42 bits per heavy atom. The van der Waals surface area contributed by atoms with E-state index in [9.17, 15) is 0 Å². The summed E-state index contributed by atoms with van der Waals surface area (Å²) in [7, 11) is 0. The molecule has 0 radical (unpaired) electrons. The van der Waals surface area contributed by atoms with Gasteiger partial charge < -0.3 is 0 Å². The second-order valence-corrected chi connectivity index (χ2v) is 2.85. The molecule has 0 N–H and O–H groups in total. The average Bonchev–Trinajstić information content (AvgIpc) is 2.09. The summed E-state index contributed by atoms with van der Waals surface area (Å²) in [6, 6.07) is 0. The number of hydrogen-bond acceptors (Lipinski definition) is 3. The lowest BCUT2D eigenvalue weighted by Gasteiger charge is -1.97. The van der Waals surface area contributed by atoms with E-state index in [4.69, 9.17) is 0 Å². The second kappa shape index (κ2) is 4.07. The van der Waals surface area contributed by atoms with Gasteiger partial charge in [-0.05, 0) is 13.0 Å². The minimum atomic E-state index is 0.813. The van der Waals surface area contributed by atoms with Crippen LogP contribution >= 0.6 is 12.6 Å². The molecule has 0 atom stereocenters. The van der Waals surface area contributed by atoms with Crippen molar-refractivity contribution in [2.45, 2.75) is 6.92 Å². The topological polar surface area (TPSA) is 25.8 Å². The molecule has 1 aromatic heterocycles. The Hall–Kier alpha value is -1.09. The zero-order valence-corrected chi connectivity index (χ0v) is 7.75. The Labute approximate surface area is 77.5 Å². The van der Waals surface area contributed by atoms with E-state index in [1.807, 2.05) is 13.0 Å².